The van der Waals surface area contributed by atoms with Crippen LogP contribution in [0.15, 0.2) is 23.0 Å². The number of aromatic hydroxyl groups is 1. The molecule has 1 aromatic carbocycles. The van der Waals surface area contributed by atoms with Crippen LogP contribution in [0.3, 0.4) is 0 Å². The molecule has 158 valence electrons. The van der Waals surface area contributed by atoms with Gasteiger partial charge >= 0.3 is 0 Å². The summed E-state index contributed by atoms with van der Waals surface area (Å²) in [6, 6.07) is 3.20. The predicted molar refractivity (Wildman–Crippen MR) is 111 cm³/mol. The van der Waals surface area contributed by atoms with Crippen LogP contribution in [0.1, 0.15) is 19.9 Å². The highest BCUT2D eigenvalue weighted by Crippen LogP contribution is 2.31. The van der Waals surface area contributed by atoms with Crippen molar-refractivity contribution >= 4 is 11.5 Å². The van der Waals surface area contributed by atoms with Crippen molar-refractivity contribution in [3.63, 3.8) is 0 Å². The van der Waals surface area contributed by atoms with Crippen molar-refractivity contribution in [2.75, 3.05) is 45.0 Å². The zero-order valence-electron chi connectivity index (χ0n) is 15.6. The second kappa shape index (κ2) is 9.15. The van der Waals surface area contributed by atoms with Crippen LogP contribution in [0.25, 0.3) is 11.3 Å². The average Bonchev–Trinajstić information content (AvgIpc) is 2.66. The number of aromatic amines is 1. The van der Waals surface area contributed by atoms with Gasteiger partial charge in [-0.25, -0.2) is 8.78 Å². The molecular formula is C20H27F2N5O2. The van der Waals surface area contributed by atoms with E-state index < -0.39 is 34.1 Å². The van der Waals surface area contributed by atoms with E-state index in [0.717, 1.165) is 44.9 Å². The first-order chi connectivity index (χ1) is 13.3. The van der Waals surface area contributed by atoms with E-state index in [2.05, 4.69) is 16.8 Å². The zero-order chi connectivity index (χ0) is 20.4. The standard InChI is InChI=1S/C19H23F2N5O2.CH4/c1-2-25-6-8-26(9-7-25)10-13(22)15-17(27)18(28)16(24-19(15)23)14-11(20)4-3-5-12(14)21;/h3-5,22,28H,2,6-10H2,1H3,(H3,23,24,27);1H4. The number of nitrogens with two attached hydrogens (primary N) is 1. The minimum absolute atomic E-state index is 0. The lowest BCUT2D eigenvalue weighted by Crippen LogP contribution is -2.48. The third-order valence-electron chi connectivity index (χ3n) is 5.02. The van der Waals surface area contributed by atoms with Gasteiger partial charge in [0.1, 0.15) is 17.5 Å². The van der Waals surface area contributed by atoms with E-state index in [1.54, 1.807) is 0 Å². The smallest absolute Gasteiger partial charge is 0.235 e. The highest BCUT2D eigenvalue weighted by molar-refractivity contribution is 6.04. The van der Waals surface area contributed by atoms with E-state index in [1.807, 2.05) is 4.90 Å². The average molecular weight is 407 g/mol. The Morgan fingerprint density at radius 1 is 1.21 bits per heavy atom. The summed E-state index contributed by atoms with van der Waals surface area (Å²) in [5.74, 6) is -2.96. The number of nitrogen functional groups attached to an aromatic ring is 1. The number of nitrogens with zero attached hydrogens (tertiary/aromatic N) is 2. The number of hydrogen-bond acceptors (Lipinski definition) is 6. The van der Waals surface area contributed by atoms with Gasteiger partial charge in [-0.2, -0.15) is 0 Å². The number of benzene rings is 1. The Balaban J connectivity index is 0.00000300. The molecule has 0 amide bonds. The van der Waals surface area contributed by atoms with Crippen LogP contribution in [0, 0.1) is 17.0 Å². The molecule has 0 aliphatic carbocycles. The van der Waals surface area contributed by atoms with Crippen LogP contribution in [-0.4, -0.2) is 64.9 Å². The molecule has 2 aromatic rings. The van der Waals surface area contributed by atoms with Crippen molar-refractivity contribution in [3.05, 3.63) is 45.6 Å². The molecule has 2 heterocycles. The van der Waals surface area contributed by atoms with E-state index in [4.69, 9.17) is 11.1 Å². The van der Waals surface area contributed by atoms with Gasteiger partial charge in [-0.05, 0) is 18.7 Å². The maximum absolute atomic E-state index is 14.0. The fourth-order valence-corrected chi connectivity index (χ4v) is 3.39. The first kappa shape index (κ1) is 22.5. The molecule has 29 heavy (non-hydrogen) atoms. The summed E-state index contributed by atoms with van der Waals surface area (Å²) < 4.78 is 28.1. The molecule has 9 heteroatoms. The molecule has 0 unspecified atom stereocenters. The molecule has 5 N–H and O–H groups in total. The van der Waals surface area contributed by atoms with Crippen LogP contribution in [0.4, 0.5) is 14.6 Å². The summed E-state index contributed by atoms with van der Waals surface area (Å²) in [6.45, 7) is 6.47. The summed E-state index contributed by atoms with van der Waals surface area (Å²) in [7, 11) is 0. The van der Waals surface area contributed by atoms with Crippen LogP contribution < -0.4 is 11.2 Å². The highest BCUT2D eigenvalue weighted by atomic mass is 19.1. The van der Waals surface area contributed by atoms with Crippen LogP contribution in [0.2, 0.25) is 0 Å². The lowest BCUT2D eigenvalue weighted by molar-refractivity contribution is 0.151. The summed E-state index contributed by atoms with van der Waals surface area (Å²) in [5, 5.41) is 18.6. The minimum atomic E-state index is -0.943. The summed E-state index contributed by atoms with van der Waals surface area (Å²) in [5.41, 5.74) is 3.72. The molecule has 1 aliphatic heterocycles. The Labute approximate surface area is 168 Å². The predicted octanol–water partition coefficient (Wildman–Crippen LogP) is 2.25. The fourth-order valence-electron chi connectivity index (χ4n) is 3.39. The molecule has 1 aliphatic rings. The number of hydrogen-bond donors (Lipinski definition) is 4. The van der Waals surface area contributed by atoms with Crippen molar-refractivity contribution in [2.24, 2.45) is 0 Å². The first-order valence-electron chi connectivity index (χ1n) is 9.05. The largest absolute Gasteiger partial charge is 0.503 e. The number of aromatic nitrogens is 1. The first-order valence-corrected chi connectivity index (χ1v) is 9.05. The van der Waals surface area contributed by atoms with Gasteiger partial charge in [0.05, 0.1) is 22.5 Å². The van der Waals surface area contributed by atoms with Crippen LogP contribution in [-0.2, 0) is 0 Å². The molecule has 0 saturated carbocycles. The SMILES string of the molecule is C.CCN1CCN(CC(=N)c2c(N)[nH]c(-c3c(F)cccc3F)c(O)c2=O)CC1. The van der Waals surface area contributed by atoms with E-state index in [1.165, 1.54) is 6.07 Å². The van der Waals surface area contributed by atoms with Crippen molar-refractivity contribution < 1.29 is 13.9 Å². The number of piperazine rings is 1. The van der Waals surface area contributed by atoms with Crippen molar-refractivity contribution in [1.29, 1.82) is 5.41 Å². The molecule has 0 radical (unpaired) electrons. The van der Waals surface area contributed by atoms with Gasteiger partial charge in [-0.1, -0.05) is 20.4 Å². The molecular weight excluding hydrogens is 380 g/mol. The third-order valence-corrected chi connectivity index (χ3v) is 5.02. The van der Waals surface area contributed by atoms with E-state index in [9.17, 15) is 18.7 Å². The van der Waals surface area contributed by atoms with E-state index in [-0.39, 0.29) is 31.1 Å². The number of H-pyrrole nitrogens is 1. The Morgan fingerprint density at radius 3 is 2.31 bits per heavy atom. The van der Waals surface area contributed by atoms with E-state index in [0.29, 0.717) is 0 Å². The monoisotopic (exact) mass is 407 g/mol. The van der Waals surface area contributed by atoms with Crippen molar-refractivity contribution in [1.82, 2.24) is 14.8 Å². The number of pyridine rings is 1. The quantitative estimate of drug-likeness (QED) is 0.569. The number of rotatable bonds is 5. The highest BCUT2D eigenvalue weighted by Gasteiger charge is 2.24. The summed E-state index contributed by atoms with van der Waals surface area (Å²) >= 11 is 0. The molecule has 7 nitrogen and oxygen atoms in total. The fraction of sp³-hybridized carbons (Fsp3) is 0.400. The molecule has 3 rings (SSSR count). The third kappa shape index (κ3) is 4.46. The second-order valence-corrected chi connectivity index (χ2v) is 6.75. The maximum Gasteiger partial charge on any atom is 0.235 e. The van der Waals surface area contributed by atoms with Gasteiger partial charge in [-0.3, -0.25) is 9.69 Å². The molecule has 1 aromatic heterocycles. The summed E-state index contributed by atoms with van der Waals surface area (Å²) in [4.78, 5) is 19.4. The molecule has 0 bridgehead atoms. The minimum Gasteiger partial charge on any atom is -0.503 e. The molecule has 1 fully saturated rings. The molecule has 0 atom stereocenters. The van der Waals surface area contributed by atoms with Gasteiger partial charge in [0.2, 0.25) is 5.43 Å². The number of halogens is 2. The zero-order valence-corrected chi connectivity index (χ0v) is 15.6. The number of nitrogens with one attached hydrogen (secondary N) is 2. The summed E-state index contributed by atoms with van der Waals surface area (Å²) in [6.07, 6.45) is 0. The maximum atomic E-state index is 14.0. The number of anilines is 1. The Hall–Kier alpha value is -2.78. The topological polar surface area (TPSA) is 109 Å². The van der Waals surface area contributed by atoms with Gasteiger partial charge < -0.3 is 26.1 Å². The van der Waals surface area contributed by atoms with Crippen LogP contribution in [0.5, 0.6) is 5.75 Å². The lowest BCUT2D eigenvalue weighted by Gasteiger charge is -2.34. The Morgan fingerprint density at radius 2 is 1.76 bits per heavy atom. The van der Waals surface area contributed by atoms with Crippen molar-refractivity contribution in [2.45, 2.75) is 14.4 Å². The van der Waals surface area contributed by atoms with Gasteiger partial charge in [0.15, 0.2) is 5.75 Å². The number of likely N-dealkylation sites (N-methyl/N-ethyl adjacent to an activating group) is 1. The van der Waals surface area contributed by atoms with Gasteiger partial charge in [-0.15, -0.1) is 0 Å². The normalized spacial score (nSPS) is 15.1. The van der Waals surface area contributed by atoms with Crippen molar-refractivity contribution in [3.8, 4) is 17.0 Å². The lowest BCUT2D eigenvalue weighted by atomic mass is 10.0. The molecule has 0 spiro atoms. The van der Waals surface area contributed by atoms with Gasteiger partial charge in [0.25, 0.3) is 0 Å². The Kier molecular flexibility index (Phi) is 7.10. The van der Waals surface area contributed by atoms with Gasteiger partial charge in [0, 0.05) is 32.7 Å². The molecule has 1 saturated heterocycles. The van der Waals surface area contributed by atoms with E-state index >= 15 is 0 Å². The van der Waals surface area contributed by atoms with Crippen LogP contribution >= 0.6 is 0 Å². The Bertz CT molecular complexity index is 932. The second-order valence-electron chi connectivity index (χ2n) is 6.75.